The number of amides is 1. The summed E-state index contributed by atoms with van der Waals surface area (Å²) in [6.45, 7) is 3.80. The van der Waals surface area contributed by atoms with Gasteiger partial charge in [-0.2, -0.15) is 0 Å². The van der Waals surface area contributed by atoms with Crippen molar-refractivity contribution in [2.75, 3.05) is 36.4 Å². The Balaban J connectivity index is 1.61. The maximum absolute atomic E-state index is 10.7. The zero-order valence-corrected chi connectivity index (χ0v) is 12.4. The van der Waals surface area contributed by atoms with Gasteiger partial charge >= 0.3 is 0 Å². The van der Waals surface area contributed by atoms with Crippen LogP contribution in [-0.4, -0.2) is 47.5 Å². The van der Waals surface area contributed by atoms with Crippen LogP contribution in [0.15, 0.2) is 42.7 Å². The number of hydrogen-bond acceptors (Lipinski definition) is 5. The smallest absolute Gasteiger partial charge is 0.209 e. The van der Waals surface area contributed by atoms with E-state index >= 15 is 0 Å². The summed E-state index contributed by atoms with van der Waals surface area (Å²) in [6, 6.07) is 12.2. The van der Waals surface area contributed by atoms with Crippen molar-refractivity contribution in [2.24, 2.45) is 0 Å². The monoisotopic (exact) mass is 297 g/mol. The highest BCUT2D eigenvalue weighted by atomic mass is 16.1. The third-order valence-electron chi connectivity index (χ3n) is 3.76. The molecule has 0 bridgehead atoms. The van der Waals surface area contributed by atoms with Crippen LogP contribution in [0.3, 0.4) is 0 Å². The lowest BCUT2D eigenvalue weighted by atomic mass is 10.2. The molecular weight excluding hydrogens is 278 g/mol. The Kier molecular flexibility index (Phi) is 4.48. The minimum absolute atomic E-state index is 0.732. The van der Waals surface area contributed by atoms with Gasteiger partial charge in [-0.1, -0.05) is 30.3 Å². The highest BCUT2D eigenvalue weighted by Gasteiger charge is 2.16. The third-order valence-corrected chi connectivity index (χ3v) is 3.76. The maximum Gasteiger partial charge on any atom is 0.209 e. The van der Waals surface area contributed by atoms with Crippen LogP contribution < -0.4 is 10.2 Å². The number of carbonyl (C=O) groups is 1. The van der Waals surface area contributed by atoms with Gasteiger partial charge in [-0.25, -0.2) is 9.97 Å². The van der Waals surface area contributed by atoms with Crippen LogP contribution in [0.4, 0.5) is 11.6 Å². The predicted octanol–water partition coefficient (Wildman–Crippen LogP) is 1.37. The van der Waals surface area contributed by atoms with E-state index < -0.39 is 0 Å². The molecule has 0 unspecified atom stereocenters. The number of piperazine rings is 1. The lowest BCUT2D eigenvalue weighted by Gasteiger charge is -2.33. The fraction of sp³-hybridized carbons (Fsp3) is 0.312. The van der Waals surface area contributed by atoms with Gasteiger partial charge in [-0.05, 0) is 5.56 Å². The summed E-state index contributed by atoms with van der Waals surface area (Å²) in [5.41, 5.74) is 1.21. The Morgan fingerprint density at radius 2 is 1.86 bits per heavy atom. The summed E-state index contributed by atoms with van der Waals surface area (Å²) >= 11 is 0. The van der Waals surface area contributed by atoms with E-state index in [0.717, 1.165) is 50.8 Å². The van der Waals surface area contributed by atoms with Crippen molar-refractivity contribution in [3.8, 4) is 0 Å². The molecule has 1 fully saturated rings. The minimum atomic E-state index is 0.732. The van der Waals surface area contributed by atoms with E-state index in [0.29, 0.717) is 0 Å². The Labute approximate surface area is 129 Å². The van der Waals surface area contributed by atoms with E-state index in [4.69, 9.17) is 0 Å². The van der Waals surface area contributed by atoms with Crippen LogP contribution in [0.2, 0.25) is 0 Å². The second kappa shape index (κ2) is 6.89. The molecule has 0 saturated carbocycles. The van der Waals surface area contributed by atoms with Gasteiger partial charge in [0.15, 0.2) is 0 Å². The number of aromatic nitrogens is 2. The number of anilines is 2. The summed E-state index contributed by atoms with van der Waals surface area (Å²) in [7, 11) is 0. The van der Waals surface area contributed by atoms with Crippen LogP contribution in [0.25, 0.3) is 0 Å². The number of nitrogens with one attached hydrogen (secondary N) is 1. The molecule has 1 aromatic heterocycles. The zero-order valence-electron chi connectivity index (χ0n) is 12.4. The fourth-order valence-electron chi connectivity index (χ4n) is 2.46. The molecule has 0 radical (unpaired) electrons. The zero-order chi connectivity index (χ0) is 15.2. The van der Waals surface area contributed by atoms with Crippen LogP contribution in [0, 0.1) is 0 Å². The van der Waals surface area contributed by atoms with Crippen molar-refractivity contribution >= 4 is 18.0 Å². The van der Waals surface area contributed by atoms with E-state index in [9.17, 15) is 4.79 Å². The molecule has 1 amide bonds. The molecule has 3 rings (SSSR count). The Morgan fingerprint density at radius 1 is 1.09 bits per heavy atom. The highest BCUT2D eigenvalue weighted by Crippen LogP contribution is 2.16. The molecule has 0 aliphatic carbocycles. The maximum atomic E-state index is 10.7. The Bertz CT molecular complexity index is 611. The van der Waals surface area contributed by atoms with Crippen molar-refractivity contribution < 1.29 is 4.79 Å². The van der Waals surface area contributed by atoms with Crippen LogP contribution in [0.5, 0.6) is 0 Å². The van der Waals surface area contributed by atoms with Gasteiger partial charge in [-0.15, -0.1) is 0 Å². The van der Waals surface area contributed by atoms with Crippen LogP contribution >= 0.6 is 0 Å². The number of carbonyl (C=O) groups excluding carboxylic acids is 1. The molecule has 0 atom stereocenters. The minimum Gasteiger partial charge on any atom is -0.366 e. The first-order chi connectivity index (χ1) is 10.8. The largest absolute Gasteiger partial charge is 0.366 e. The molecule has 22 heavy (non-hydrogen) atoms. The second-order valence-electron chi connectivity index (χ2n) is 5.23. The lowest BCUT2D eigenvalue weighted by Crippen LogP contribution is -2.46. The summed E-state index contributed by atoms with van der Waals surface area (Å²) in [5, 5.41) is 3.32. The van der Waals surface area contributed by atoms with Gasteiger partial charge in [0.05, 0.1) is 0 Å². The third kappa shape index (κ3) is 3.52. The molecule has 6 heteroatoms. The number of benzene rings is 1. The molecule has 2 heterocycles. The van der Waals surface area contributed by atoms with E-state index in [1.807, 2.05) is 24.3 Å². The fourth-order valence-corrected chi connectivity index (χ4v) is 2.46. The Morgan fingerprint density at radius 3 is 2.59 bits per heavy atom. The molecule has 1 saturated heterocycles. The Hall–Kier alpha value is -2.63. The van der Waals surface area contributed by atoms with E-state index in [1.54, 1.807) is 11.2 Å². The molecule has 1 N–H and O–H groups in total. The average molecular weight is 297 g/mol. The summed E-state index contributed by atoms with van der Waals surface area (Å²) in [6.07, 6.45) is 2.49. The van der Waals surface area contributed by atoms with Crippen molar-refractivity contribution in [3.05, 3.63) is 48.3 Å². The first-order valence-corrected chi connectivity index (χ1v) is 7.39. The van der Waals surface area contributed by atoms with Crippen molar-refractivity contribution in [2.45, 2.75) is 6.54 Å². The number of rotatable bonds is 5. The SMILES string of the molecule is O=CN1CCN(c2cc(NCc3ccccc3)ncn2)CC1. The van der Waals surface area contributed by atoms with Crippen molar-refractivity contribution in [1.29, 1.82) is 0 Å². The van der Waals surface area contributed by atoms with Gasteiger partial charge < -0.3 is 15.1 Å². The van der Waals surface area contributed by atoms with Crippen LogP contribution in [-0.2, 0) is 11.3 Å². The second-order valence-corrected chi connectivity index (χ2v) is 5.23. The number of hydrogen-bond donors (Lipinski definition) is 1. The van der Waals surface area contributed by atoms with Gasteiger partial charge in [0, 0.05) is 38.8 Å². The summed E-state index contributed by atoms with van der Waals surface area (Å²) in [5.74, 6) is 1.71. The first-order valence-electron chi connectivity index (χ1n) is 7.39. The van der Waals surface area contributed by atoms with E-state index in [1.165, 1.54) is 5.56 Å². The molecule has 114 valence electrons. The van der Waals surface area contributed by atoms with Crippen molar-refractivity contribution in [1.82, 2.24) is 14.9 Å². The van der Waals surface area contributed by atoms with E-state index in [2.05, 4.69) is 32.3 Å². The van der Waals surface area contributed by atoms with Crippen molar-refractivity contribution in [3.63, 3.8) is 0 Å². The van der Waals surface area contributed by atoms with Gasteiger partial charge in [0.1, 0.15) is 18.0 Å². The summed E-state index contributed by atoms with van der Waals surface area (Å²) in [4.78, 5) is 23.3. The quantitative estimate of drug-likeness (QED) is 0.845. The van der Waals surface area contributed by atoms with Gasteiger partial charge in [0.25, 0.3) is 0 Å². The van der Waals surface area contributed by atoms with Gasteiger partial charge in [0.2, 0.25) is 6.41 Å². The first kappa shape index (κ1) is 14.3. The molecule has 1 aliphatic heterocycles. The standard InChI is InChI=1S/C16H19N5O/c22-13-20-6-8-21(9-7-20)16-10-15(18-12-19-16)17-11-14-4-2-1-3-5-14/h1-5,10,12-13H,6-9,11H2,(H,17,18,19). The number of nitrogens with zero attached hydrogens (tertiary/aromatic N) is 4. The average Bonchev–Trinajstić information content (AvgIpc) is 2.61. The lowest BCUT2D eigenvalue weighted by molar-refractivity contribution is -0.118. The molecule has 1 aliphatic rings. The van der Waals surface area contributed by atoms with Crippen LogP contribution in [0.1, 0.15) is 5.56 Å². The van der Waals surface area contributed by atoms with E-state index in [-0.39, 0.29) is 0 Å². The highest BCUT2D eigenvalue weighted by molar-refractivity contribution is 5.51. The predicted molar refractivity (Wildman–Crippen MR) is 85.7 cm³/mol. The topological polar surface area (TPSA) is 61.4 Å². The summed E-state index contributed by atoms with van der Waals surface area (Å²) < 4.78 is 0. The normalized spacial score (nSPS) is 14.7. The molecule has 6 nitrogen and oxygen atoms in total. The molecule has 0 spiro atoms. The molecule has 2 aromatic rings. The molecular formula is C16H19N5O. The molecule has 1 aromatic carbocycles. The van der Waals surface area contributed by atoms with Gasteiger partial charge in [-0.3, -0.25) is 4.79 Å².